The van der Waals surface area contributed by atoms with Crippen LogP contribution in [0.1, 0.15) is 38.8 Å². The van der Waals surface area contributed by atoms with Crippen molar-refractivity contribution in [2.75, 3.05) is 13.1 Å². The van der Waals surface area contributed by atoms with Gasteiger partial charge in [-0.05, 0) is 24.9 Å². The lowest BCUT2D eigenvalue weighted by Gasteiger charge is -2.03. The van der Waals surface area contributed by atoms with Crippen molar-refractivity contribution in [2.24, 2.45) is 0 Å². The molecule has 0 spiro atoms. The fraction of sp³-hybridized carbons (Fsp3) is 0.727. The van der Waals surface area contributed by atoms with Gasteiger partial charge >= 0.3 is 0 Å². The van der Waals surface area contributed by atoms with E-state index in [1.54, 1.807) is 0 Å². The van der Waals surface area contributed by atoms with Crippen molar-refractivity contribution in [1.82, 2.24) is 15.1 Å². The Morgan fingerprint density at radius 3 is 2.79 bits per heavy atom. The molecule has 0 aliphatic carbocycles. The molecule has 0 aromatic carbocycles. The van der Waals surface area contributed by atoms with E-state index in [1.165, 1.54) is 12.1 Å². The normalized spacial score (nSPS) is 11.1. The van der Waals surface area contributed by atoms with E-state index >= 15 is 0 Å². The Hall–Kier alpha value is -0.830. The molecule has 3 heteroatoms. The molecule has 0 fully saturated rings. The average Bonchev–Trinajstić information content (AvgIpc) is 2.61. The first-order valence-electron chi connectivity index (χ1n) is 5.48. The van der Waals surface area contributed by atoms with Crippen LogP contribution in [0, 0.1) is 0 Å². The van der Waals surface area contributed by atoms with Crippen molar-refractivity contribution < 1.29 is 0 Å². The molecule has 1 aromatic rings. The van der Waals surface area contributed by atoms with Crippen molar-refractivity contribution >= 4 is 0 Å². The van der Waals surface area contributed by atoms with E-state index in [2.05, 4.69) is 43.4 Å². The Morgan fingerprint density at radius 2 is 2.21 bits per heavy atom. The van der Waals surface area contributed by atoms with E-state index in [-0.39, 0.29) is 0 Å². The first kappa shape index (κ1) is 11.2. The highest BCUT2D eigenvalue weighted by Crippen LogP contribution is 2.09. The van der Waals surface area contributed by atoms with Crippen LogP contribution in [0.4, 0.5) is 0 Å². The van der Waals surface area contributed by atoms with Crippen LogP contribution in [0.2, 0.25) is 0 Å². The summed E-state index contributed by atoms with van der Waals surface area (Å²) < 4.78 is 2.01. The lowest BCUT2D eigenvalue weighted by molar-refractivity contribution is 0.546. The summed E-state index contributed by atoms with van der Waals surface area (Å²) in [6.07, 6.45) is 3.25. The predicted octanol–water partition coefficient (Wildman–Crippen LogP) is 2.01. The second-order valence-corrected chi connectivity index (χ2v) is 3.91. The van der Waals surface area contributed by atoms with Gasteiger partial charge in [0.15, 0.2) is 0 Å². The largest absolute Gasteiger partial charge is 0.315 e. The number of rotatable bonds is 6. The van der Waals surface area contributed by atoms with Crippen LogP contribution in [0.15, 0.2) is 12.3 Å². The summed E-state index contributed by atoms with van der Waals surface area (Å²) in [5, 5.41) is 7.85. The third kappa shape index (κ3) is 3.50. The lowest BCUT2D eigenvalue weighted by atomic mass is 10.1. The molecule has 0 radical (unpaired) electrons. The molecule has 0 amide bonds. The number of nitrogens with zero attached hydrogens (tertiary/aromatic N) is 2. The summed E-state index contributed by atoms with van der Waals surface area (Å²) in [5.41, 5.74) is 1.18. The van der Waals surface area contributed by atoms with Crippen molar-refractivity contribution in [3.8, 4) is 0 Å². The molecule has 0 bridgehead atoms. The van der Waals surface area contributed by atoms with Crippen LogP contribution in [-0.4, -0.2) is 22.9 Å². The number of nitrogens with one attached hydrogen (secondary N) is 1. The van der Waals surface area contributed by atoms with Gasteiger partial charge in [-0.25, -0.2) is 0 Å². The van der Waals surface area contributed by atoms with Gasteiger partial charge in [0.25, 0.3) is 0 Å². The van der Waals surface area contributed by atoms with Gasteiger partial charge < -0.3 is 5.32 Å². The van der Waals surface area contributed by atoms with Crippen LogP contribution in [0.3, 0.4) is 0 Å². The van der Waals surface area contributed by atoms with E-state index in [1.807, 2.05) is 4.68 Å². The van der Waals surface area contributed by atoms with E-state index in [0.717, 1.165) is 19.6 Å². The molecule has 0 saturated carbocycles. The van der Waals surface area contributed by atoms with Crippen molar-refractivity contribution in [3.05, 3.63) is 18.0 Å². The van der Waals surface area contributed by atoms with Crippen LogP contribution in [-0.2, 0) is 6.54 Å². The molecule has 0 atom stereocenters. The molecule has 0 aliphatic rings. The molecule has 1 rings (SSSR count). The highest BCUT2D eigenvalue weighted by molar-refractivity contribution is 5.03. The molecule has 0 aliphatic heterocycles. The summed E-state index contributed by atoms with van der Waals surface area (Å²) in [6, 6.07) is 2.10. The SMILES string of the molecule is CCCNCCn1ccc(C(C)C)n1. The van der Waals surface area contributed by atoms with Gasteiger partial charge in [0.1, 0.15) is 0 Å². The maximum atomic E-state index is 4.48. The summed E-state index contributed by atoms with van der Waals surface area (Å²) in [4.78, 5) is 0. The Balaban J connectivity index is 2.29. The van der Waals surface area contributed by atoms with Crippen LogP contribution in [0.25, 0.3) is 0 Å². The molecule has 0 saturated heterocycles. The third-order valence-electron chi connectivity index (χ3n) is 2.20. The molecule has 3 nitrogen and oxygen atoms in total. The fourth-order valence-corrected chi connectivity index (χ4v) is 1.31. The zero-order valence-corrected chi connectivity index (χ0v) is 9.45. The van der Waals surface area contributed by atoms with Crippen LogP contribution < -0.4 is 5.32 Å². The topological polar surface area (TPSA) is 29.9 Å². The third-order valence-corrected chi connectivity index (χ3v) is 2.20. The second-order valence-electron chi connectivity index (χ2n) is 3.91. The average molecular weight is 195 g/mol. The Kier molecular flexibility index (Phi) is 4.66. The van der Waals surface area contributed by atoms with E-state index in [4.69, 9.17) is 0 Å². The summed E-state index contributed by atoms with van der Waals surface area (Å²) in [7, 11) is 0. The Labute approximate surface area is 86.5 Å². The first-order chi connectivity index (χ1) is 6.74. The summed E-state index contributed by atoms with van der Waals surface area (Å²) in [5.74, 6) is 0.528. The first-order valence-corrected chi connectivity index (χ1v) is 5.48. The van der Waals surface area contributed by atoms with E-state index < -0.39 is 0 Å². The molecule has 14 heavy (non-hydrogen) atoms. The van der Waals surface area contributed by atoms with E-state index in [9.17, 15) is 0 Å². The minimum absolute atomic E-state index is 0.528. The fourth-order valence-electron chi connectivity index (χ4n) is 1.31. The maximum absolute atomic E-state index is 4.48. The Bertz CT molecular complexity index is 253. The smallest absolute Gasteiger partial charge is 0.0649 e. The minimum Gasteiger partial charge on any atom is -0.315 e. The quantitative estimate of drug-likeness (QED) is 0.704. The van der Waals surface area contributed by atoms with Gasteiger partial charge in [-0.15, -0.1) is 0 Å². The molecule has 80 valence electrons. The summed E-state index contributed by atoms with van der Waals surface area (Å²) in [6.45, 7) is 9.58. The van der Waals surface area contributed by atoms with Gasteiger partial charge in [0.05, 0.1) is 12.2 Å². The predicted molar refractivity (Wildman–Crippen MR) is 59.5 cm³/mol. The van der Waals surface area contributed by atoms with Gasteiger partial charge in [0, 0.05) is 12.7 Å². The lowest BCUT2D eigenvalue weighted by Crippen LogP contribution is -2.20. The molecular formula is C11H21N3. The molecular weight excluding hydrogens is 174 g/mol. The zero-order valence-electron chi connectivity index (χ0n) is 9.45. The molecule has 1 N–H and O–H groups in total. The number of aromatic nitrogens is 2. The Morgan fingerprint density at radius 1 is 1.43 bits per heavy atom. The molecule has 0 unspecified atom stereocenters. The van der Waals surface area contributed by atoms with E-state index in [0.29, 0.717) is 5.92 Å². The number of hydrogen-bond acceptors (Lipinski definition) is 2. The molecule has 1 heterocycles. The van der Waals surface area contributed by atoms with Gasteiger partial charge in [-0.2, -0.15) is 5.10 Å². The highest BCUT2D eigenvalue weighted by Gasteiger charge is 2.02. The van der Waals surface area contributed by atoms with Gasteiger partial charge in [-0.1, -0.05) is 20.8 Å². The standard InChI is InChI=1S/C11H21N3/c1-4-6-12-7-9-14-8-5-11(13-14)10(2)3/h5,8,10,12H,4,6-7,9H2,1-3H3. The van der Waals surface area contributed by atoms with Gasteiger partial charge in [-0.3, -0.25) is 4.68 Å². The van der Waals surface area contributed by atoms with Gasteiger partial charge in [0.2, 0.25) is 0 Å². The second kappa shape index (κ2) is 5.81. The maximum Gasteiger partial charge on any atom is 0.0649 e. The van der Waals surface area contributed by atoms with Crippen molar-refractivity contribution in [3.63, 3.8) is 0 Å². The van der Waals surface area contributed by atoms with Crippen LogP contribution in [0.5, 0.6) is 0 Å². The highest BCUT2D eigenvalue weighted by atomic mass is 15.3. The number of hydrogen-bond donors (Lipinski definition) is 1. The van der Waals surface area contributed by atoms with Crippen molar-refractivity contribution in [1.29, 1.82) is 0 Å². The monoisotopic (exact) mass is 195 g/mol. The van der Waals surface area contributed by atoms with Crippen molar-refractivity contribution in [2.45, 2.75) is 39.7 Å². The summed E-state index contributed by atoms with van der Waals surface area (Å²) >= 11 is 0. The molecule has 1 aromatic heterocycles. The van der Waals surface area contributed by atoms with Crippen LogP contribution >= 0.6 is 0 Å². The zero-order chi connectivity index (χ0) is 10.4. The minimum atomic E-state index is 0.528.